The molecule has 0 saturated heterocycles. The predicted octanol–water partition coefficient (Wildman–Crippen LogP) is 1.71. The van der Waals surface area contributed by atoms with Crippen molar-refractivity contribution in [1.29, 1.82) is 0 Å². The van der Waals surface area contributed by atoms with Crippen LogP contribution in [0.3, 0.4) is 0 Å². The lowest BCUT2D eigenvalue weighted by atomic mass is 10.3. The van der Waals surface area contributed by atoms with Crippen molar-refractivity contribution in [2.45, 2.75) is 4.90 Å². The van der Waals surface area contributed by atoms with Crippen LogP contribution in [0.4, 0.5) is 15.1 Å². The Labute approximate surface area is 111 Å². The highest BCUT2D eigenvalue weighted by atomic mass is 35.5. The zero-order chi connectivity index (χ0) is 13.3. The van der Waals surface area contributed by atoms with Crippen molar-refractivity contribution in [2.24, 2.45) is 0 Å². The molecule has 0 aliphatic carbocycles. The fourth-order valence-corrected chi connectivity index (χ4v) is 3.39. The molecule has 3 N–H and O–H groups in total. The van der Waals surface area contributed by atoms with Gasteiger partial charge >= 0.3 is 0 Å². The van der Waals surface area contributed by atoms with E-state index in [1.165, 1.54) is 6.20 Å². The van der Waals surface area contributed by atoms with Gasteiger partial charge in [0.05, 0.1) is 16.9 Å². The molecule has 1 aromatic heterocycles. The van der Waals surface area contributed by atoms with Crippen molar-refractivity contribution in [3.63, 3.8) is 0 Å². The highest BCUT2D eigenvalue weighted by Gasteiger charge is 2.21. The van der Waals surface area contributed by atoms with Gasteiger partial charge in [-0.1, -0.05) is 16.1 Å². The number of nitrogens with zero attached hydrogens (tertiary/aromatic N) is 2. The third kappa shape index (κ3) is 2.52. The monoisotopic (exact) mass is 308 g/mol. The van der Waals surface area contributed by atoms with Crippen LogP contribution in [0.25, 0.3) is 0 Å². The molecule has 0 bridgehead atoms. The van der Waals surface area contributed by atoms with Crippen molar-refractivity contribution in [2.75, 3.05) is 10.5 Å². The van der Waals surface area contributed by atoms with Crippen LogP contribution in [-0.2, 0) is 10.0 Å². The van der Waals surface area contributed by atoms with E-state index >= 15 is 0 Å². The summed E-state index contributed by atoms with van der Waals surface area (Å²) in [6.45, 7) is 0. The second kappa shape index (κ2) is 4.67. The number of halogens is 2. The molecule has 0 aliphatic rings. The van der Waals surface area contributed by atoms with Gasteiger partial charge in [-0.15, -0.1) is 5.10 Å². The fraction of sp³-hybridized carbons (Fsp3) is 0. The minimum atomic E-state index is -3.95. The van der Waals surface area contributed by atoms with E-state index in [1.54, 1.807) is 0 Å². The number of nitrogens with two attached hydrogens (primary N) is 1. The highest BCUT2D eigenvalue weighted by Crippen LogP contribution is 2.28. The molecule has 18 heavy (non-hydrogen) atoms. The Bertz CT molecular complexity index is 675. The van der Waals surface area contributed by atoms with Crippen molar-refractivity contribution in [3.8, 4) is 0 Å². The lowest BCUT2D eigenvalue weighted by Gasteiger charge is -2.08. The molecule has 6 nitrogen and oxygen atoms in total. The molecule has 0 saturated carbocycles. The summed E-state index contributed by atoms with van der Waals surface area (Å²) in [6, 6.07) is 1.80. The molecular formula is C8H6ClFN4O2S2. The number of sulfonamides is 1. The van der Waals surface area contributed by atoms with Gasteiger partial charge in [0.2, 0.25) is 0 Å². The second-order valence-electron chi connectivity index (χ2n) is 3.19. The Balaban J connectivity index is 2.44. The van der Waals surface area contributed by atoms with Crippen molar-refractivity contribution in [3.05, 3.63) is 29.2 Å². The minimum Gasteiger partial charge on any atom is -0.396 e. The van der Waals surface area contributed by atoms with Crippen LogP contribution in [0.15, 0.2) is 23.2 Å². The third-order valence-electron chi connectivity index (χ3n) is 1.94. The number of nitrogens with one attached hydrogen (secondary N) is 1. The average Bonchev–Trinajstić information content (AvgIpc) is 2.75. The van der Waals surface area contributed by atoms with Gasteiger partial charge in [-0.2, -0.15) is 0 Å². The summed E-state index contributed by atoms with van der Waals surface area (Å²) in [5, 5.41) is 3.44. The summed E-state index contributed by atoms with van der Waals surface area (Å²) in [5.74, 6) is -0.779. The second-order valence-corrected chi connectivity index (χ2v) is 6.04. The smallest absolute Gasteiger partial charge is 0.264 e. The molecule has 2 rings (SSSR count). The predicted molar refractivity (Wildman–Crippen MR) is 66.5 cm³/mol. The van der Waals surface area contributed by atoms with E-state index in [0.29, 0.717) is 0 Å². The van der Waals surface area contributed by atoms with Crippen LogP contribution < -0.4 is 10.5 Å². The molecule has 10 heteroatoms. The van der Waals surface area contributed by atoms with Gasteiger partial charge in [0, 0.05) is 11.5 Å². The zero-order valence-electron chi connectivity index (χ0n) is 8.59. The summed E-state index contributed by atoms with van der Waals surface area (Å²) >= 11 is 6.54. The first-order chi connectivity index (χ1) is 8.40. The standard InChI is InChI=1S/C8H6ClFN4O2S2/c9-4-1-5(10)6(11)2-7(4)18(15,16)13-8-3-12-14-17-8/h1-3,13H,11H2. The lowest BCUT2D eigenvalue weighted by molar-refractivity contribution is 0.600. The maximum atomic E-state index is 13.1. The van der Waals surface area contributed by atoms with E-state index < -0.39 is 15.8 Å². The van der Waals surface area contributed by atoms with Crippen LogP contribution >= 0.6 is 23.1 Å². The first kappa shape index (κ1) is 13.0. The number of benzene rings is 1. The molecule has 1 aromatic carbocycles. The fourth-order valence-electron chi connectivity index (χ4n) is 1.15. The van der Waals surface area contributed by atoms with Crippen LogP contribution in [0.5, 0.6) is 0 Å². The number of nitrogen functional groups attached to an aromatic ring is 1. The van der Waals surface area contributed by atoms with E-state index in [2.05, 4.69) is 14.3 Å². The maximum absolute atomic E-state index is 13.1. The topological polar surface area (TPSA) is 98.0 Å². The lowest BCUT2D eigenvalue weighted by Crippen LogP contribution is -2.13. The zero-order valence-corrected chi connectivity index (χ0v) is 11.0. The highest BCUT2D eigenvalue weighted by molar-refractivity contribution is 7.93. The van der Waals surface area contributed by atoms with Gasteiger partial charge in [0.1, 0.15) is 15.7 Å². The molecule has 0 atom stereocenters. The molecule has 0 fully saturated rings. The Morgan fingerprint density at radius 1 is 1.44 bits per heavy atom. The molecule has 1 heterocycles. The molecule has 2 aromatic rings. The quantitative estimate of drug-likeness (QED) is 0.841. The summed E-state index contributed by atoms with van der Waals surface area (Å²) in [6.07, 6.45) is 1.24. The Morgan fingerprint density at radius 3 is 2.78 bits per heavy atom. The Kier molecular flexibility index (Phi) is 3.37. The number of hydrogen-bond donors (Lipinski definition) is 2. The Hall–Kier alpha value is -1.45. The molecule has 0 aliphatic heterocycles. The number of hydrogen-bond acceptors (Lipinski definition) is 6. The summed E-state index contributed by atoms with van der Waals surface area (Å²) in [7, 11) is -3.95. The van der Waals surface area contributed by atoms with Crippen LogP contribution in [0.1, 0.15) is 0 Å². The number of rotatable bonds is 3. The van der Waals surface area contributed by atoms with Crippen molar-refractivity contribution < 1.29 is 12.8 Å². The molecule has 0 radical (unpaired) electrons. The van der Waals surface area contributed by atoms with Crippen molar-refractivity contribution >= 4 is 43.8 Å². The molecule has 0 spiro atoms. The number of anilines is 2. The summed E-state index contributed by atoms with van der Waals surface area (Å²) in [4.78, 5) is -0.309. The van der Waals surface area contributed by atoms with Crippen LogP contribution in [0, 0.1) is 5.82 Å². The van der Waals surface area contributed by atoms with Gasteiger partial charge in [-0.05, 0) is 12.1 Å². The maximum Gasteiger partial charge on any atom is 0.264 e. The van der Waals surface area contributed by atoms with E-state index in [0.717, 1.165) is 23.7 Å². The first-order valence-corrected chi connectivity index (χ1v) is 7.08. The molecular weight excluding hydrogens is 303 g/mol. The first-order valence-electron chi connectivity index (χ1n) is 4.45. The average molecular weight is 309 g/mol. The van der Waals surface area contributed by atoms with Crippen molar-refractivity contribution in [1.82, 2.24) is 9.59 Å². The minimum absolute atomic E-state index is 0.217. The normalized spacial score (nSPS) is 11.4. The molecule has 0 unspecified atom stereocenters. The van der Waals surface area contributed by atoms with Gasteiger partial charge in [-0.25, -0.2) is 12.8 Å². The number of aromatic nitrogens is 2. The summed E-state index contributed by atoms with van der Waals surface area (Å²) < 4.78 is 42.7. The molecule has 0 amide bonds. The van der Waals surface area contributed by atoms with Crippen LogP contribution in [0.2, 0.25) is 5.02 Å². The largest absolute Gasteiger partial charge is 0.396 e. The molecule has 96 valence electrons. The van der Waals surface area contributed by atoms with E-state index in [9.17, 15) is 12.8 Å². The van der Waals surface area contributed by atoms with Gasteiger partial charge < -0.3 is 5.73 Å². The van der Waals surface area contributed by atoms with Crippen LogP contribution in [-0.4, -0.2) is 18.0 Å². The van der Waals surface area contributed by atoms with Gasteiger partial charge in [0.15, 0.2) is 0 Å². The van der Waals surface area contributed by atoms with Gasteiger partial charge in [-0.3, -0.25) is 4.72 Å². The summed E-state index contributed by atoms with van der Waals surface area (Å²) in [5.41, 5.74) is 5.01. The van der Waals surface area contributed by atoms with E-state index in [-0.39, 0.29) is 20.6 Å². The Morgan fingerprint density at radius 2 is 2.17 bits per heavy atom. The van der Waals surface area contributed by atoms with E-state index in [1.807, 2.05) is 0 Å². The SMILES string of the molecule is Nc1cc(S(=O)(=O)Nc2cnns2)c(Cl)cc1F. The van der Waals surface area contributed by atoms with Gasteiger partial charge in [0.25, 0.3) is 10.0 Å². The third-order valence-corrected chi connectivity index (χ3v) is 4.48. The van der Waals surface area contributed by atoms with E-state index in [4.69, 9.17) is 17.3 Å².